The number of nitrogens with zero attached hydrogens (tertiary/aromatic N) is 1. The summed E-state index contributed by atoms with van der Waals surface area (Å²) >= 11 is 0. The lowest BCUT2D eigenvalue weighted by atomic mass is 9.96. The van der Waals surface area contributed by atoms with E-state index in [9.17, 15) is 14.0 Å². The maximum Gasteiger partial charge on any atom is 0.241 e. The van der Waals surface area contributed by atoms with Crippen molar-refractivity contribution >= 4 is 11.8 Å². The summed E-state index contributed by atoms with van der Waals surface area (Å²) in [5.74, 6) is -0.0129. The number of amides is 2. The smallest absolute Gasteiger partial charge is 0.241 e. The summed E-state index contributed by atoms with van der Waals surface area (Å²) in [6.45, 7) is 6.32. The highest BCUT2D eigenvalue weighted by molar-refractivity contribution is 5.87. The highest BCUT2D eigenvalue weighted by Crippen LogP contribution is 2.12. The number of nitrogens with one attached hydrogen (secondary N) is 1. The molecule has 0 saturated heterocycles. The Hall–Kier alpha value is -2.11. The summed E-state index contributed by atoms with van der Waals surface area (Å²) < 4.78 is 18.2. The number of hydrogen-bond acceptors (Lipinski definition) is 3. The van der Waals surface area contributed by atoms with E-state index in [1.165, 1.54) is 12.1 Å². The molecule has 0 heterocycles. The highest BCUT2D eigenvalue weighted by atomic mass is 19.1. The molecular weight excluding hydrogens is 299 g/mol. The monoisotopic (exact) mass is 324 g/mol. The Morgan fingerprint density at radius 2 is 1.83 bits per heavy atom. The second-order valence-corrected chi connectivity index (χ2v) is 6.40. The third kappa shape index (κ3) is 7.13. The van der Waals surface area contributed by atoms with Crippen LogP contribution in [0.4, 0.5) is 4.39 Å². The molecule has 0 radical (unpaired) electrons. The van der Waals surface area contributed by atoms with Crippen LogP contribution in [0.2, 0.25) is 0 Å². The normalized spacial score (nSPS) is 11.0. The highest BCUT2D eigenvalue weighted by Gasteiger charge is 2.21. The number of ether oxygens (including phenoxy) is 1. The van der Waals surface area contributed by atoms with Gasteiger partial charge in [-0.05, 0) is 30.7 Å². The van der Waals surface area contributed by atoms with Crippen molar-refractivity contribution in [2.24, 2.45) is 5.41 Å². The van der Waals surface area contributed by atoms with Crippen molar-refractivity contribution in [2.45, 2.75) is 27.2 Å². The number of carbonyl (C=O) groups excluding carboxylic acids is 2. The van der Waals surface area contributed by atoms with E-state index >= 15 is 0 Å². The molecule has 6 heteroatoms. The molecule has 0 aliphatic rings. The molecule has 1 aromatic rings. The molecule has 0 fully saturated rings. The molecule has 0 aliphatic heterocycles. The van der Waals surface area contributed by atoms with Crippen molar-refractivity contribution in [1.29, 1.82) is 0 Å². The molecule has 128 valence electrons. The second kappa shape index (κ2) is 8.50. The quantitative estimate of drug-likeness (QED) is 0.782. The first-order valence-electron chi connectivity index (χ1n) is 7.61. The van der Waals surface area contributed by atoms with Gasteiger partial charge in [-0.15, -0.1) is 0 Å². The van der Waals surface area contributed by atoms with Crippen LogP contribution >= 0.6 is 0 Å². The fraction of sp³-hybridized carbons (Fsp3) is 0.529. The molecule has 0 aromatic heterocycles. The number of rotatable bonds is 7. The van der Waals surface area contributed by atoms with Gasteiger partial charge in [-0.1, -0.05) is 20.8 Å². The van der Waals surface area contributed by atoms with Crippen LogP contribution < -0.4 is 10.1 Å². The zero-order chi connectivity index (χ0) is 17.5. The Morgan fingerprint density at radius 1 is 1.22 bits per heavy atom. The topological polar surface area (TPSA) is 58.6 Å². The number of hydrogen-bond donors (Lipinski definition) is 1. The van der Waals surface area contributed by atoms with Crippen LogP contribution in [0.1, 0.15) is 27.2 Å². The van der Waals surface area contributed by atoms with E-state index in [2.05, 4.69) is 5.32 Å². The van der Waals surface area contributed by atoms with Gasteiger partial charge in [0, 0.05) is 19.0 Å². The van der Waals surface area contributed by atoms with Gasteiger partial charge in [-0.3, -0.25) is 9.59 Å². The van der Waals surface area contributed by atoms with E-state index < -0.39 is 5.41 Å². The van der Waals surface area contributed by atoms with Gasteiger partial charge in [-0.2, -0.15) is 0 Å². The van der Waals surface area contributed by atoms with Gasteiger partial charge < -0.3 is 15.0 Å². The first-order chi connectivity index (χ1) is 10.7. The summed E-state index contributed by atoms with van der Waals surface area (Å²) in [6.07, 6.45) is 0.646. The summed E-state index contributed by atoms with van der Waals surface area (Å²) in [7, 11) is 1.68. The predicted octanol–water partition coefficient (Wildman–Crippen LogP) is 2.22. The summed E-state index contributed by atoms with van der Waals surface area (Å²) in [5, 5.41) is 2.63. The van der Waals surface area contributed by atoms with Gasteiger partial charge in [0.1, 0.15) is 11.6 Å². The first kappa shape index (κ1) is 18.9. The Kier molecular flexibility index (Phi) is 7.00. The lowest BCUT2D eigenvalue weighted by Crippen LogP contribution is -2.42. The van der Waals surface area contributed by atoms with Crippen LogP contribution in [0, 0.1) is 11.2 Å². The van der Waals surface area contributed by atoms with E-state index in [4.69, 9.17) is 4.74 Å². The van der Waals surface area contributed by atoms with Gasteiger partial charge in [0.15, 0.2) is 0 Å². The predicted molar refractivity (Wildman–Crippen MR) is 86.6 cm³/mol. The zero-order valence-corrected chi connectivity index (χ0v) is 14.2. The molecule has 0 spiro atoms. The SMILES string of the molecule is CN(CCCOc1ccc(F)cc1)C(=O)CNC(=O)C(C)(C)C. The van der Waals surface area contributed by atoms with Crippen molar-refractivity contribution in [1.82, 2.24) is 10.2 Å². The molecule has 1 aromatic carbocycles. The number of benzene rings is 1. The molecule has 0 atom stereocenters. The zero-order valence-electron chi connectivity index (χ0n) is 14.2. The van der Waals surface area contributed by atoms with E-state index in [1.807, 2.05) is 0 Å². The average Bonchev–Trinajstić information content (AvgIpc) is 2.49. The minimum Gasteiger partial charge on any atom is -0.494 e. The van der Waals surface area contributed by atoms with E-state index in [0.29, 0.717) is 25.3 Å². The Balaban J connectivity index is 2.22. The number of halogens is 1. The van der Waals surface area contributed by atoms with Gasteiger partial charge in [-0.25, -0.2) is 4.39 Å². The molecule has 0 saturated carbocycles. The molecule has 0 bridgehead atoms. The lowest BCUT2D eigenvalue weighted by Gasteiger charge is -2.20. The summed E-state index contributed by atoms with van der Waals surface area (Å²) in [5.41, 5.74) is -0.512. The Morgan fingerprint density at radius 3 is 2.39 bits per heavy atom. The summed E-state index contributed by atoms with van der Waals surface area (Å²) in [4.78, 5) is 25.2. The third-order valence-electron chi connectivity index (χ3n) is 3.23. The number of carbonyl (C=O) groups is 2. The van der Waals surface area contributed by atoms with Gasteiger partial charge >= 0.3 is 0 Å². The van der Waals surface area contributed by atoms with Gasteiger partial charge in [0.25, 0.3) is 0 Å². The van der Waals surface area contributed by atoms with Crippen LogP contribution in [0.15, 0.2) is 24.3 Å². The summed E-state index contributed by atoms with van der Waals surface area (Å²) in [6, 6.07) is 5.80. The maximum absolute atomic E-state index is 12.7. The lowest BCUT2D eigenvalue weighted by molar-refractivity contribution is -0.134. The largest absolute Gasteiger partial charge is 0.494 e. The standard InChI is InChI=1S/C17H25FN2O3/c1-17(2,3)16(22)19-12-15(21)20(4)10-5-11-23-14-8-6-13(18)7-9-14/h6-9H,5,10-12H2,1-4H3,(H,19,22). The molecule has 5 nitrogen and oxygen atoms in total. The third-order valence-corrected chi connectivity index (χ3v) is 3.23. The number of likely N-dealkylation sites (N-methyl/N-ethyl adjacent to an activating group) is 1. The molecular formula is C17H25FN2O3. The first-order valence-corrected chi connectivity index (χ1v) is 7.61. The second-order valence-electron chi connectivity index (χ2n) is 6.40. The molecule has 0 aliphatic carbocycles. The van der Waals surface area contributed by atoms with Gasteiger partial charge in [0.05, 0.1) is 13.2 Å². The van der Waals surface area contributed by atoms with Crippen molar-refractivity contribution in [3.63, 3.8) is 0 Å². The fourth-order valence-electron chi connectivity index (χ4n) is 1.70. The van der Waals surface area contributed by atoms with Crippen LogP contribution in [-0.4, -0.2) is 43.5 Å². The molecule has 2 amide bonds. The van der Waals surface area contributed by atoms with Crippen molar-refractivity contribution in [3.05, 3.63) is 30.1 Å². The van der Waals surface area contributed by atoms with E-state index in [0.717, 1.165) is 0 Å². The van der Waals surface area contributed by atoms with Crippen LogP contribution in [0.25, 0.3) is 0 Å². The Bertz CT molecular complexity index is 524. The molecule has 1 rings (SSSR count). The minimum atomic E-state index is -0.512. The maximum atomic E-state index is 12.7. The van der Waals surface area contributed by atoms with Crippen LogP contribution in [0.3, 0.4) is 0 Å². The van der Waals surface area contributed by atoms with Crippen LogP contribution in [0.5, 0.6) is 5.75 Å². The van der Waals surface area contributed by atoms with Crippen molar-refractivity contribution in [2.75, 3.05) is 26.7 Å². The van der Waals surface area contributed by atoms with Crippen LogP contribution in [-0.2, 0) is 9.59 Å². The molecule has 0 unspecified atom stereocenters. The molecule has 23 heavy (non-hydrogen) atoms. The average molecular weight is 324 g/mol. The van der Waals surface area contributed by atoms with Crippen molar-refractivity contribution < 1.29 is 18.7 Å². The van der Waals surface area contributed by atoms with Crippen molar-refractivity contribution in [3.8, 4) is 5.75 Å². The molecule has 1 N–H and O–H groups in total. The fourth-order valence-corrected chi connectivity index (χ4v) is 1.70. The Labute approximate surface area is 136 Å². The minimum absolute atomic E-state index is 0.00851. The van der Waals surface area contributed by atoms with E-state index in [-0.39, 0.29) is 24.2 Å². The van der Waals surface area contributed by atoms with E-state index in [1.54, 1.807) is 44.9 Å². The van der Waals surface area contributed by atoms with Gasteiger partial charge in [0.2, 0.25) is 11.8 Å².